The van der Waals surface area contributed by atoms with Crippen molar-refractivity contribution >= 4 is 40.6 Å². The Morgan fingerprint density at radius 1 is 1.14 bits per heavy atom. The zero-order valence-corrected chi connectivity index (χ0v) is 19.1. The standard InChI is InChI=1S/C9H6Cl.C4H10N.C2H7Si.2ClH.Zr/c10-9-5-7-3-1-2-4-8(7)6-9;1-4(2,3)5;1-3-2;;;/h1-6H;5H,1-3H3;3H,1-2H3;2*1H;/q;-1;;;;+3/p-2. The molecule has 0 spiro atoms. The minimum absolute atomic E-state index is 0.0291. The van der Waals surface area contributed by atoms with Crippen LogP contribution in [0.5, 0.6) is 0 Å². The van der Waals surface area contributed by atoms with E-state index >= 15 is 0 Å². The first kappa shape index (κ1) is 18.2. The summed E-state index contributed by atoms with van der Waals surface area (Å²) in [6.07, 6.45) is 2.03. The van der Waals surface area contributed by atoms with Gasteiger partial charge in [0.05, 0.1) is 0 Å². The van der Waals surface area contributed by atoms with E-state index < -0.39 is 21.8 Å². The van der Waals surface area contributed by atoms with Crippen molar-refractivity contribution in [1.29, 1.82) is 0 Å². The Morgan fingerprint density at radius 2 is 1.71 bits per heavy atom. The second-order valence-corrected chi connectivity index (χ2v) is 48.4. The van der Waals surface area contributed by atoms with Gasteiger partial charge in [-0.25, -0.2) is 0 Å². The molecular weight excluding hydrogens is 420 g/mol. The van der Waals surface area contributed by atoms with Crippen LogP contribution in [0.4, 0.5) is 0 Å². The molecule has 1 N–H and O–H groups in total. The summed E-state index contributed by atoms with van der Waals surface area (Å²) in [4.78, 5) is 0. The van der Waals surface area contributed by atoms with Crippen LogP contribution in [-0.4, -0.2) is 11.5 Å². The SMILES string of the molecule is C[SiH](C)[Zr]([Cl])([Cl])([NH]C(C)(C)C)[CH]1C(Cl)=Cc2ccccc21. The Morgan fingerprint density at radius 3 is 2.24 bits per heavy atom. The van der Waals surface area contributed by atoms with Gasteiger partial charge in [-0.2, -0.15) is 0 Å². The first-order valence-corrected chi connectivity index (χ1v) is 23.8. The monoisotopic (exact) mass is 440 g/mol. The molecule has 6 heteroatoms. The van der Waals surface area contributed by atoms with Gasteiger partial charge in [0.2, 0.25) is 0 Å². The van der Waals surface area contributed by atoms with E-state index in [2.05, 4.69) is 49.3 Å². The normalized spacial score (nSPS) is 20.9. The molecule has 0 fully saturated rings. The fraction of sp³-hybridized carbons (Fsp3) is 0.467. The second-order valence-electron chi connectivity index (χ2n) is 7.27. The van der Waals surface area contributed by atoms with Crippen LogP contribution in [0.25, 0.3) is 6.08 Å². The number of benzene rings is 1. The molecule has 1 atom stereocenters. The molecule has 21 heavy (non-hydrogen) atoms. The van der Waals surface area contributed by atoms with E-state index in [9.17, 15) is 0 Å². The van der Waals surface area contributed by atoms with E-state index in [4.69, 9.17) is 28.6 Å². The van der Waals surface area contributed by atoms with Crippen LogP contribution < -0.4 is 3.26 Å². The average Bonchev–Trinajstić information content (AvgIpc) is 2.62. The van der Waals surface area contributed by atoms with Crippen LogP contribution in [0.3, 0.4) is 0 Å². The Bertz CT molecular complexity index is 593. The van der Waals surface area contributed by atoms with Gasteiger partial charge < -0.3 is 0 Å². The van der Waals surface area contributed by atoms with Gasteiger partial charge in [0, 0.05) is 0 Å². The summed E-state index contributed by atoms with van der Waals surface area (Å²) in [5, 5.41) is 0.796. The molecule has 0 saturated heterocycles. The van der Waals surface area contributed by atoms with Gasteiger partial charge in [-0.1, -0.05) is 0 Å². The Kier molecular flexibility index (Phi) is 5.00. The molecule has 0 radical (unpaired) electrons. The first-order chi connectivity index (χ1) is 9.45. The van der Waals surface area contributed by atoms with Crippen LogP contribution in [0.2, 0.25) is 13.1 Å². The maximum absolute atomic E-state index is 7.34. The van der Waals surface area contributed by atoms with E-state index in [-0.39, 0.29) is 9.16 Å². The third-order valence-electron chi connectivity index (χ3n) is 4.08. The maximum atomic E-state index is 7.34. The van der Waals surface area contributed by atoms with Crippen LogP contribution >= 0.6 is 28.6 Å². The molecule has 1 aromatic carbocycles. The summed E-state index contributed by atoms with van der Waals surface area (Å²) >= 11 is 2.35. The van der Waals surface area contributed by atoms with Crippen molar-refractivity contribution in [2.24, 2.45) is 0 Å². The molecule has 0 heterocycles. The fourth-order valence-electron chi connectivity index (χ4n) is 3.09. The van der Waals surface area contributed by atoms with Gasteiger partial charge in [0.1, 0.15) is 0 Å². The number of hydrogen-bond acceptors (Lipinski definition) is 1. The summed E-state index contributed by atoms with van der Waals surface area (Å²) in [5.74, 6) is -1.36. The molecule has 0 amide bonds. The molecule has 0 saturated carbocycles. The van der Waals surface area contributed by atoms with Crippen LogP contribution in [-0.2, 0) is 15.8 Å². The molecule has 2 rings (SSSR count). The summed E-state index contributed by atoms with van der Waals surface area (Å²) in [5.41, 5.74) is 2.22. The zero-order valence-electron chi connectivity index (χ0n) is 13.2. The Balaban J connectivity index is 2.62. The van der Waals surface area contributed by atoms with Crippen molar-refractivity contribution < 1.29 is 15.8 Å². The van der Waals surface area contributed by atoms with Crippen LogP contribution in [0.1, 0.15) is 35.5 Å². The van der Waals surface area contributed by atoms with Gasteiger partial charge in [-0.3, -0.25) is 0 Å². The molecule has 1 nitrogen and oxygen atoms in total. The van der Waals surface area contributed by atoms with Gasteiger partial charge in [-0.05, 0) is 0 Å². The summed E-state index contributed by atoms with van der Waals surface area (Å²) in [6.45, 7) is 10.9. The number of hydrogen-bond donors (Lipinski definition) is 1. The molecule has 0 aromatic heterocycles. The predicted octanol–water partition coefficient (Wildman–Crippen LogP) is 5.60. The average molecular weight is 443 g/mol. The molecule has 1 aliphatic rings. The number of fused-ring (bicyclic) bond motifs is 1. The third-order valence-corrected chi connectivity index (χ3v) is 51.7. The molecule has 1 aliphatic carbocycles. The van der Waals surface area contributed by atoms with E-state index in [1.54, 1.807) is 0 Å². The van der Waals surface area contributed by atoms with Crippen molar-refractivity contribution in [2.45, 2.75) is 43.0 Å². The van der Waals surface area contributed by atoms with Crippen LogP contribution in [0, 0.1) is 0 Å². The number of halogens is 3. The van der Waals surface area contributed by atoms with Gasteiger partial charge in [0.15, 0.2) is 0 Å². The summed E-state index contributed by atoms with van der Waals surface area (Å²) in [6, 6.07) is 8.26. The molecule has 0 bridgehead atoms. The van der Waals surface area contributed by atoms with Crippen molar-refractivity contribution in [1.82, 2.24) is 3.26 Å². The van der Waals surface area contributed by atoms with Crippen molar-refractivity contribution in [3.63, 3.8) is 0 Å². The van der Waals surface area contributed by atoms with Crippen molar-refractivity contribution in [2.75, 3.05) is 0 Å². The van der Waals surface area contributed by atoms with Gasteiger partial charge >= 0.3 is 143 Å². The summed E-state index contributed by atoms with van der Waals surface area (Å²) in [7, 11) is 14.7. The minimum atomic E-state index is -4.26. The molecule has 117 valence electrons. The van der Waals surface area contributed by atoms with E-state index in [0.717, 1.165) is 10.6 Å². The Hall–Kier alpha value is 0.890. The summed E-state index contributed by atoms with van der Waals surface area (Å²) < 4.78 is 3.67. The van der Waals surface area contributed by atoms with Crippen molar-refractivity contribution in [3.05, 3.63) is 40.4 Å². The molecule has 1 unspecified atom stereocenters. The van der Waals surface area contributed by atoms with E-state index in [1.165, 1.54) is 5.56 Å². The Labute approximate surface area is 142 Å². The quantitative estimate of drug-likeness (QED) is 0.600. The number of rotatable bonds is 3. The zero-order chi connectivity index (χ0) is 16.1. The fourth-order valence-corrected chi connectivity index (χ4v) is 32.1. The molecular formula is C15H23Cl3NSiZr. The number of nitrogens with one attached hydrogen (secondary N) is 1. The number of allylic oxidation sites excluding steroid dienone is 1. The van der Waals surface area contributed by atoms with Crippen molar-refractivity contribution in [3.8, 4) is 0 Å². The van der Waals surface area contributed by atoms with E-state index in [0.29, 0.717) is 0 Å². The van der Waals surface area contributed by atoms with E-state index in [1.807, 2.05) is 18.2 Å². The predicted molar refractivity (Wildman–Crippen MR) is 96.5 cm³/mol. The van der Waals surface area contributed by atoms with Gasteiger partial charge in [-0.15, -0.1) is 0 Å². The molecule has 0 aliphatic heterocycles. The second kappa shape index (κ2) is 5.76. The third kappa shape index (κ3) is 3.39. The molecule has 1 aromatic rings. The van der Waals surface area contributed by atoms with Gasteiger partial charge in [0.25, 0.3) is 0 Å². The topological polar surface area (TPSA) is 12.0 Å². The first-order valence-electron chi connectivity index (χ1n) is 7.28. The van der Waals surface area contributed by atoms with Crippen LogP contribution in [0.15, 0.2) is 29.3 Å².